The molecule has 0 fully saturated rings. The molecule has 4 rings (SSSR count). The lowest BCUT2D eigenvalue weighted by atomic mass is 10.1. The molecule has 3 aromatic rings. The second kappa shape index (κ2) is 6.80. The van der Waals surface area contributed by atoms with Crippen LogP contribution in [0.2, 0.25) is 0 Å². The van der Waals surface area contributed by atoms with Crippen LogP contribution in [0.4, 0.5) is 11.1 Å². The lowest BCUT2D eigenvalue weighted by Gasteiger charge is -2.09. The molecule has 0 amide bonds. The molecule has 134 valence electrons. The highest BCUT2D eigenvalue weighted by Crippen LogP contribution is 2.26. The number of aromatic nitrogens is 3. The van der Waals surface area contributed by atoms with E-state index in [1.54, 1.807) is 11.3 Å². The first-order valence-corrected chi connectivity index (χ1v) is 9.16. The highest BCUT2D eigenvalue weighted by molar-refractivity contribution is 7.13. The molecule has 1 aromatic carbocycles. The molecule has 0 atom stereocenters. The Balaban J connectivity index is 1.54. The zero-order chi connectivity index (χ0) is 18.1. The summed E-state index contributed by atoms with van der Waals surface area (Å²) in [6.07, 6.45) is 0.520. The average molecular weight is 369 g/mol. The molecule has 3 heterocycles. The van der Waals surface area contributed by atoms with Crippen molar-refractivity contribution in [2.24, 2.45) is 0 Å². The first-order chi connectivity index (χ1) is 12.6. The number of nitrogens with zero attached hydrogens (tertiary/aromatic N) is 3. The van der Waals surface area contributed by atoms with Crippen LogP contribution in [0.3, 0.4) is 0 Å². The summed E-state index contributed by atoms with van der Waals surface area (Å²) in [5, 5.41) is 6.08. The summed E-state index contributed by atoms with van der Waals surface area (Å²) < 4.78 is 5.82. The number of thiazole rings is 1. The third-order valence-electron chi connectivity index (χ3n) is 4.16. The van der Waals surface area contributed by atoms with Crippen LogP contribution in [0, 0.1) is 0 Å². The molecule has 1 aliphatic heterocycles. The first kappa shape index (κ1) is 16.6. The van der Waals surface area contributed by atoms with Gasteiger partial charge in [-0.2, -0.15) is 0 Å². The van der Waals surface area contributed by atoms with Gasteiger partial charge >= 0.3 is 0 Å². The molecule has 2 N–H and O–H groups in total. The molecule has 26 heavy (non-hydrogen) atoms. The van der Waals surface area contributed by atoms with Crippen molar-refractivity contribution >= 4 is 22.4 Å². The van der Waals surface area contributed by atoms with Crippen molar-refractivity contribution in [1.82, 2.24) is 15.0 Å². The van der Waals surface area contributed by atoms with Gasteiger partial charge in [0, 0.05) is 31.5 Å². The average Bonchev–Trinajstić information content (AvgIpc) is 3.02. The van der Waals surface area contributed by atoms with E-state index in [4.69, 9.17) is 4.74 Å². The van der Waals surface area contributed by atoms with E-state index in [9.17, 15) is 4.79 Å². The first-order valence-electron chi connectivity index (χ1n) is 8.28. The van der Waals surface area contributed by atoms with Crippen LogP contribution in [0.5, 0.6) is 5.75 Å². The summed E-state index contributed by atoms with van der Waals surface area (Å²) in [6.45, 7) is 0.777. The van der Waals surface area contributed by atoms with Crippen LogP contribution >= 0.6 is 11.3 Å². The number of hydrogen-bond acceptors (Lipinski definition) is 7. The standard InChI is InChI=1S/C18H19N5O2S/c1-23(2)18-20-12(10-26-18)8-19-17-21-14-9-25-15-6-4-3-5-11(15)7-13(14)16(24)22-17/h3-6,10H,7-9H2,1-2H3,(H2,19,21,22,24). The number of fused-ring (bicyclic) bond motifs is 2. The number of rotatable bonds is 4. The largest absolute Gasteiger partial charge is 0.487 e. The van der Waals surface area contributed by atoms with Gasteiger partial charge in [-0.1, -0.05) is 18.2 Å². The number of para-hydroxylation sites is 1. The third kappa shape index (κ3) is 3.28. The Kier molecular flexibility index (Phi) is 4.34. The van der Waals surface area contributed by atoms with Crippen LogP contribution in [-0.2, 0) is 19.6 Å². The van der Waals surface area contributed by atoms with Gasteiger partial charge in [0.25, 0.3) is 5.56 Å². The summed E-state index contributed by atoms with van der Waals surface area (Å²) in [6, 6.07) is 7.76. The fourth-order valence-electron chi connectivity index (χ4n) is 2.81. The molecular weight excluding hydrogens is 350 g/mol. The van der Waals surface area contributed by atoms with Gasteiger partial charge in [-0.3, -0.25) is 9.78 Å². The van der Waals surface area contributed by atoms with Crippen LogP contribution in [0.25, 0.3) is 0 Å². The Hall–Kier alpha value is -2.87. The summed E-state index contributed by atoms with van der Waals surface area (Å²) >= 11 is 1.58. The van der Waals surface area contributed by atoms with E-state index >= 15 is 0 Å². The van der Waals surface area contributed by atoms with Crippen molar-refractivity contribution in [3.8, 4) is 5.75 Å². The van der Waals surface area contributed by atoms with Gasteiger partial charge in [-0.25, -0.2) is 9.97 Å². The van der Waals surface area contributed by atoms with Crippen LogP contribution < -0.4 is 20.5 Å². The fraction of sp³-hybridized carbons (Fsp3) is 0.278. The Morgan fingerprint density at radius 3 is 2.96 bits per heavy atom. The highest BCUT2D eigenvalue weighted by atomic mass is 32.1. The number of aromatic amines is 1. The number of H-pyrrole nitrogens is 1. The number of ether oxygens (including phenoxy) is 1. The lowest BCUT2D eigenvalue weighted by Crippen LogP contribution is -2.20. The normalized spacial score (nSPS) is 12.5. The molecule has 1 aliphatic rings. The number of benzene rings is 1. The SMILES string of the molecule is CN(C)c1nc(CNc2nc3c(c(=O)[nH]2)Cc2ccccc2OC3)cs1. The Morgan fingerprint density at radius 1 is 1.31 bits per heavy atom. The quantitative estimate of drug-likeness (QED) is 0.735. The molecule has 0 aliphatic carbocycles. The van der Waals surface area contributed by atoms with Gasteiger partial charge in [0.2, 0.25) is 5.95 Å². The maximum atomic E-state index is 12.5. The molecule has 0 radical (unpaired) electrons. The number of anilines is 2. The van der Waals surface area contributed by atoms with Crippen molar-refractivity contribution in [2.45, 2.75) is 19.6 Å². The van der Waals surface area contributed by atoms with Gasteiger partial charge < -0.3 is 15.0 Å². The molecule has 2 aromatic heterocycles. The van der Waals surface area contributed by atoms with E-state index in [1.807, 2.05) is 48.6 Å². The molecule has 0 saturated heterocycles. The zero-order valence-corrected chi connectivity index (χ0v) is 15.4. The van der Waals surface area contributed by atoms with Gasteiger partial charge in [-0.05, 0) is 11.6 Å². The highest BCUT2D eigenvalue weighted by Gasteiger charge is 2.19. The van der Waals surface area contributed by atoms with E-state index < -0.39 is 0 Å². The van der Waals surface area contributed by atoms with Crippen molar-refractivity contribution in [3.05, 3.63) is 62.5 Å². The van der Waals surface area contributed by atoms with Gasteiger partial charge in [-0.15, -0.1) is 11.3 Å². The predicted octanol–water partition coefficient (Wildman–Crippen LogP) is 2.39. The zero-order valence-electron chi connectivity index (χ0n) is 14.6. The number of hydrogen-bond donors (Lipinski definition) is 2. The third-order valence-corrected chi connectivity index (χ3v) is 5.22. The molecule has 0 unspecified atom stereocenters. The van der Waals surface area contributed by atoms with E-state index in [0.29, 0.717) is 30.2 Å². The van der Waals surface area contributed by atoms with Crippen molar-refractivity contribution in [1.29, 1.82) is 0 Å². The van der Waals surface area contributed by atoms with E-state index in [1.165, 1.54) is 0 Å². The van der Waals surface area contributed by atoms with E-state index in [-0.39, 0.29) is 12.2 Å². The van der Waals surface area contributed by atoms with E-state index in [0.717, 1.165) is 22.1 Å². The molecule has 8 heteroatoms. The van der Waals surface area contributed by atoms with Crippen molar-refractivity contribution in [3.63, 3.8) is 0 Å². The Labute approximate surface area is 154 Å². The summed E-state index contributed by atoms with van der Waals surface area (Å²) in [7, 11) is 3.92. The van der Waals surface area contributed by atoms with Crippen molar-refractivity contribution in [2.75, 3.05) is 24.3 Å². The minimum absolute atomic E-state index is 0.134. The molecule has 0 saturated carbocycles. The van der Waals surface area contributed by atoms with Crippen LogP contribution in [-0.4, -0.2) is 29.0 Å². The minimum Gasteiger partial charge on any atom is -0.487 e. The fourth-order valence-corrected chi connectivity index (χ4v) is 3.57. The summed E-state index contributed by atoms with van der Waals surface area (Å²) in [5.41, 5.74) is 3.09. The second-order valence-corrected chi connectivity index (χ2v) is 7.12. The maximum Gasteiger partial charge on any atom is 0.256 e. The molecular formula is C18H19N5O2S. The van der Waals surface area contributed by atoms with Crippen LogP contribution in [0.15, 0.2) is 34.4 Å². The molecule has 7 nitrogen and oxygen atoms in total. The summed E-state index contributed by atoms with van der Waals surface area (Å²) in [5.74, 6) is 1.24. The Morgan fingerprint density at radius 2 is 2.15 bits per heavy atom. The second-order valence-electron chi connectivity index (χ2n) is 6.28. The van der Waals surface area contributed by atoms with Gasteiger partial charge in [0.15, 0.2) is 5.13 Å². The molecule has 0 spiro atoms. The monoisotopic (exact) mass is 369 g/mol. The van der Waals surface area contributed by atoms with Crippen LogP contribution in [0.1, 0.15) is 22.5 Å². The maximum absolute atomic E-state index is 12.5. The summed E-state index contributed by atoms with van der Waals surface area (Å²) in [4.78, 5) is 26.4. The molecule has 0 bridgehead atoms. The number of nitrogens with one attached hydrogen (secondary N) is 2. The van der Waals surface area contributed by atoms with Gasteiger partial charge in [0.1, 0.15) is 12.4 Å². The smallest absolute Gasteiger partial charge is 0.256 e. The minimum atomic E-state index is -0.134. The predicted molar refractivity (Wildman–Crippen MR) is 102 cm³/mol. The topological polar surface area (TPSA) is 83.1 Å². The Bertz CT molecular complexity index is 995. The van der Waals surface area contributed by atoms with Crippen molar-refractivity contribution < 1.29 is 4.74 Å². The van der Waals surface area contributed by atoms with Gasteiger partial charge in [0.05, 0.1) is 17.9 Å². The lowest BCUT2D eigenvalue weighted by molar-refractivity contribution is 0.302. The van der Waals surface area contributed by atoms with E-state index in [2.05, 4.69) is 20.3 Å².